The Morgan fingerprint density at radius 1 is 1.58 bits per heavy atom. The van der Waals surface area contributed by atoms with E-state index in [2.05, 4.69) is 11.3 Å². The SMILES string of the molecule is C=C(C)C(=O)[O-].COC(C)[O-].[Ti+2]. The number of carboxylic acid groups (broad SMARTS) is 1. The zero-order chi connectivity index (χ0) is 9.44. The second-order valence-corrected chi connectivity index (χ2v) is 1.87. The molecule has 0 heterocycles. The predicted molar refractivity (Wildman–Crippen MR) is 36.3 cm³/mol. The molecule has 0 N–H and O–H groups in total. The van der Waals surface area contributed by atoms with Gasteiger partial charge in [0, 0.05) is 7.11 Å². The number of hydrogen-bond acceptors (Lipinski definition) is 4. The Morgan fingerprint density at radius 2 is 1.75 bits per heavy atom. The molecule has 0 aliphatic heterocycles. The van der Waals surface area contributed by atoms with Gasteiger partial charge in [-0.2, -0.15) is 0 Å². The third-order valence-electron chi connectivity index (χ3n) is 0.680. The van der Waals surface area contributed by atoms with Crippen LogP contribution in [0.15, 0.2) is 12.2 Å². The summed E-state index contributed by atoms with van der Waals surface area (Å²) in [4.78, 5) is 9.49. The van der Waals surface area contributed by atoms with E-state index in [-0.39, 0.29) is 27.3 Å². The first kappa shape index (κ1) is 17.8. The minimum absolute atomic E-state index is 0. The first-order valence-electron chi connectivity index (χ1n) is 2.97. The third kappa shape index (κ3) is 22.5. The van der Waals surface area contributed by atoms with Crippen LogP contribution in [0.2, 0.25) is 0 Å². The number of hydrogen-bond donors (Lipinski definition) is 0. The molecule has 12 heavy (non-hydrogen) atoms. The van der Waals surface area contributed by atoms with Gasteiger partial charge in [0.2, 0.25) is 0 Å². The monoisotopic (exact) mass is 208 g/mol. The van der Waals surface area contributed by atoms with Gasteiger partial charge in [-0.05, 0) is 18.8 Å². The van der Waals surface area contributed by atoms with E-state index in [9.17, 15) is 15.0 Å². The molecule has 0 rings (SSSR count). The van der Waals surface area contributed by atoms with Crippen LogP contribution in [-0.2, 0) is 31.2 Å². The van der Waals surface area contributed by atoms with Crippen LogP contribution in [0.4, 0.5) is 0 Å². The maximum Gasteiger partial charge on any atom is 2.00 e. The molecule has 1 atom stereocenters. The van der Waals surface area contributed by atoms with Crippen LogP contribution in [0.5, 0.6) is 0 Å². The molecule has 0 aromatic heterocycles. The first-order chi connectivity index (χ1) is 4.91. The molecule has 4 nitrogen and oxygen atoms in total. The van der Waals surface area contributed by atoms with Crippen molar-refractivity contribution in [3.63, 3.8) is 0 Å². The molecule has 0 amide bonds. The van der Waals surface area contributed by atoms with Gasteiger partial charge in [0.05, 0.1) is 5.97 Å². The van der Waals surface area contributed by atoms with E-state index in [1.165, 1.54) is 21.0 Å². The third-order valence-corrected chi connectivity index (χ3v) is 0.680. The fourth-order valence-corrected chi connectivity index (χ4v) is 0. The molecule has 1 unspecified atom stereocenters. The smallest absolute Gasteiger partial charge is 0.831 e. The summed E-state index contributed by atoms with van der Waals surface area (Å²) < 4.78 is 4.19. The fraction of sp³-hybridized carbons (Fsp3) is 0.571. The maximum atomic E-state index is 9.67. The number of carboxylic acids is 1. The summed E-state index contributed by atoms with van der Waals surface area (Å²) in [5.74, 6) is -1.19. The molecule has 0 bridgehead atoms. The Balaban J connectivity index is -0.000000126. The van der Waals surface area contributed by atoms with E-state index in [4.69, 9.17) is 0 Å². The van der Waals surface area contributed by atoms with Gasteiger partial charge in [0.25, 0.3) is 0 Å². The van der Waals surface area contributed by atoms with Crippen LogP contribution < -0.4 is 10.2 Å². The van der Waals surface area contributed by atoms with Crippen molar-refractivity contribution in [2.24, 2.45) is 0 Å². The number of ether oxygens (including phenoxy) is 1. The average molecular weight is 208 g/mol. The fourth-order valence-electron chi connectivity index (χ4n) is 0. The zero-order valence-electron chi connectivity index (χ0n) is 7.42. The van der Waals surface area contributed by atoms with Crippen LogP contribution >= 0.6 is 0 Å². The molecule has 0 aromatic rings. The number of carbonyl (C=O) groups is 1. The Kier molecular flexibility index (Phi) is 16.1. The normalized spacial score (nSPS) is 10.0. The van der Waals surface area contributed by atoms with Crippen molar-refractivity contribution in [2.75, 3.05) is 7.11 Å². The van der Waals surface area contributed by atoms with Crippen LogP contribution in [0, 0.1) is 0 Å². The molecule has 0 aromatic carbocycles. The molecule has 0 aliphatic rings. The topological polar surface area (TPSA) is 72.4 Å². The van der Waals surface area contributed by atoms with Gasteiger partial charge in [0.15, 0.2) is 0 Å². The van der Waals surface area contributed by atoms with Gasteiger partial charge in [-0.25, -0.2) is 0 Å². The number of methoxy groups -OCH3 is 1. The van der Waals surface area contributed by atoms with Gasteiger partial charge in [-0.1, -0.05) is 13.5 Å². The van der Waals surface area contributed by atoms with Crippen molar-refractivity contribution >= 4 is 5.97 Å². The van der Waals surface area contributed by atoms with E-state index < -0.39 is 12.3 Å². The molecule has 68 valence electrons. The molecular weight excluding hydrogens is 196 g/mol. The van der Waals surface area contributed by atoms with Crippen molar-refractivity contribution < 1.29 is 41.5 Å². The van der Waals surface area contributed by atoms with Crippen LogP contribution in [0.3, 0.4) is 0 Å². The van der Waals surface area contributed by atoms with Crippen molar-refractivity contribution in [2.45, 2.75) is 20.1 Å². The Bertz CT molecular complexity index is 121. The Hall–Kier alpha value is -0.156. The molecule has 0 fully saturated rings. The largest absolute Gasteiger partial charge is 2.00 e. The molecule has 0 radical (unpaired) electrons. The summed E-state index contributed by atoms with van der Waals surface area (Å²) in [5.41, 5.74) is 0.0648. The molecular formula is C7H12O4Ti. The van der Waals surface area contributed by atoms with Gasteiger partial charge >= 0.3 is 21.7 Å². The van der Waals surface area contributed by atoms with Crippen molar-refractivity contribution in [3.8, 4) is 0 Å². The van der Waals surface area contributed by atoms with Crippen molar-refractivity contribution in [3.05, 3.63) is 12.2 Å². The standard InChI is InChI=1S/C4H6O2.C3H7O2.Ti/c1-3(2)4(5)6;1-3(4)5-2;/h1H2,2H3,(H,5,6);3H,1-2H3;/q;-1;+2/p-1. The van der Waals surface area contributed by atoms with Gasteiger partial charge in [-0.15, -0.1) is 0 Å². The summed E-state index contributed by atoms with van der Waals surface area (Å²) in [6.07, 6.45) is -0.866. The molecule has 0 spiro atoms. The van der Waals surface area contributed by atoms with Crippen molar-refractivity contribution in [1.29, 1.82) is 0 Å². The second-order valence-electron chi connectivity index (χ2n) is 1.87. The quantitative estimate of drug-likeness (QED) is 0.319. The molecule has 5 heteroatoms. The van der Waals surface area contributed by atoms with Crippen LogP contribution in [-0.4, -0.2) is 19.4 Å². The van der Waals surface area contributed by atoms with E-state index in [0.29, 0.717) is 0 Å². The summed E-state index contributed by atoms with van der Waals surface area (Å²) in [5, 5.41) is 19.2. The van der Waals surface area contributed by atoms with E-state index >= 15 is 0 Å². The number of carbonyl (C=O) groups excluding carboxylic acids is 1. The minimum atomic E-state index is -1.19. The first-order valence-corrected chi connectivity index (χ1v) is 2.97. The summed E-state index contributed by atoms with van der Waals surface area (Å²) in [7, 11) is 1.39. The zero-order valence-corrected chi connectivity index (χ0v) is 8.98. The van der Waals surface area contributed by atoms with Gasteiger partial charge < -0.3 is 19.7 Å². The van der Waals surface area contributed by atoms with E-state index in [1.807, 2.05) is 0 Å². The summed E-state index contributed by atoms with van der Waals surface area (Å²) in [6, 6.07) is 0. The molecule has 0 saturated carbocycles. The van der Waals surface area contributed by atoms with Gasteiger partial charge in [0.1, 0.15) is 0 Å². The van der Waals surface area contributed by atoms with Crippen LogP contribution in [0.25, 0.3) is 0 Å². The second kappa shape index (κ2) is 10.8. The van der Waals surface area contributed by atoms with Crippen molar-refractivity contribution in [1.82, 2.24) is 0 Å². The molecule has 0 saturated heterocycles. The summed E-state index contributed by atoms with van der Waals surface area (Å²) in [6.45, 7) is 5.92. The Morgan fingerprint density at radius 3 is 1.75 bits per heavy atom. The average Bonchev–Trinajstić information content (AvgIpc) is 1.89. The predicted octanol–water partition coefficient (Wildman–Crippen LogP) is -1.35. The van der Waals surface area contributed by atoms with Gasteiger partial charge in [-0.3, -0.25) is 0 Å². The van der Waals surface area contributed by atoms with E-state index in [1.54, 1.807) is 0 Å². The maximum absolute atomic E-state index is 9.67. The minimum Gasteiger partial charge on any atom is -0.831 e. The number of rotatable bonds is 2. The number of aliphatic carboxylic acids is 1. The summed E-state index contributed by atoms with van der Waals surface area (Å²) >= 11 is 0. The van der Waals surface area contributed by atoms with E-state index in [0.717, 1.165) is 0 Å². The molecule has 0 aliphatic carbocycles. The van der Waals surface area contributed by atoms with Crippen LogP contribution in [0.1, 0.15) is 13.8 Å². The Labute approximate surface area is 87.1 Å².